The maximum Gasteiger partial charge on any atom is 0.223 e. The maximum absolute atomic E-state index is 12.9. The van der Waals surface area contributed by atoms with E-state index in [2.05, 4.69) is 16.9 Å². The largest absolute Gasteiger partial charge is 0.345 e. The summed E-state index contributed by atoms with van der Waals surface area (Å²) in [5, 5.41) is 0.679. The number of hydrogen-bond donors (Lipinski definition) is 0. The number of aromatic nitrogens is 1. The van der Waals surface area contributed by atoms with E-state index in [-0.39, 0.29) is 11.8 Å². The number of aliphatic imine (C=N–C) groups is 1. The van der Waals surface area contributed by atoms with Crippen molar-refractivity contribution < 1.29 is 4.79 Å². The van der Waals surface area contributed by atoms with E-state index in [4.69, 9.17) is 11.6 Å². The Balaban J connectivity index is 2.09. The number of amides is 1. The first-order valence-electron chi connectivity index (χ1n) is 9.63. The number of halogens is 1. The van der Waals surface area contributed by atoms with Gasteiger partial charge in [-0.2, -0.15) is 0 Å². The third kappa shape index (κ3) is 6.61. The molecule has 0 radical (unpaired) electrons. The van der Waals surface area contributed by atoms with Crippen LogP contribution in [0.15, 0.2) is 65.4 Å². The minimum Gasteiger partial charge on any atom is -0.345 e. The second-order valence-corrected chi connectivity index (χ2v) is 7.06. The monoisotopic (exact) mass is 397 g/mol. The van der Waals surface area contributed by atoms with Crippen LogP contribution in [0.2, 0.25) is 5.02 Å². The minimum absolute atomic E-state index is 0.0838. The van der Waals surface area contributed by atoms with Crippen molar-refractivity contribution in [3.63, 3.8) is 0 Å². The van der Waals surface area contributed by atoms with Crippen LogP contribution in [0.4, 0.5) is 0 Å². The van der Waals surface area contributed by atoms with E-state index >= 15 is 0 Å². The first-order chi connectivity index (χ1) is 13.5. The molecule has 1 aromatic heterocycles. The van der Waals surface area contributed by atoms with Crippen molar-refractivity contribution in [2.45, 2.75) is 39.0 Å². The predicted octanol–water partition coefficient (Wildman–Crippen LogP) is 5.49. The molecule has 0 aliphatic carbocycles. The molecule has 2 aromatic rings. The van der Waals surface area contributed by atoms with Crippen LogP contribution in [0, 0.1) is 0 Å². The zero-order chi connectivity index (χ0) is 20.4. The molecule has 1 unspecified atom stereocenters. The van der Waals surface area contributed by atoms with Gasteiger partial charge in [-0.25, -0.2) is 0 Å². The standard InChI is InChI=1S/C23H28ClN3O/c1-4-14-25-20(5-2)13-16-27(3)23(28)17-21(22-8-6-7-15-26-22)18-9-11-19(24)12-10-18/h5-12,14-15,21H,4,13,16-17H2,1-3H3/b20-5-,25-14?. The Kier molecular flexibility index (Phi) is 8.89. The van der Waals surface area contributed by atoms with E-state index in [9.17, 15) is 4.79 Å². The van der Waals surface area contributed by atoms with Gasteiger partial charge in [0.15, 0.2) is 0 Å². The first-order valence-corrected chi connectivity index (χ1v) is 10.0. The molecule has 0 spiro atoms. The van der Waals surface area contributed by atoms with Crippen molar-refractivity contribution in [3.8, 4) is 0 Å². The highest BCUT2D eigenvalue weighted by atomic mass is 35.5. The molecular weight excluding hydrogens is 370 g/mol. The third-order valence-corrected chi connectivity index (χ3v) is 4.85. The van der Waals surface area contributed by atoms with Crippen LogP contribution in [0.1, 0.15) is 50.3 Å². The lowest BCUT2D eigenvalue weighted by Crippen LogP contribution is -2.29. The van der Waals surface area contributed by atoms with Crippen molar-refractivity contribution >= 4 is 23.7 Å². The van der Waals surface area contributed by atoms with Gasteiger partial charge < -0.3 is 4.90 Å². The zero-order valence-electron chi connectivity index (χ0n) is 16.8. The highest BCUT2D eigenvalue weighted by molar-refractivity contribution is 6.30. The number of rotatable bonds is 9. The summed E-state index contributed by atoms with van der Waals surface area (Å²) in [6.07, 6.45) is 7.65. The summed E-state index contributed by atoms with van der Waals surface area (Å²) in [4.78, 5) is 23.6. The summed E-state index contributed by atoms with van der Waals surface area (Å²) >= 11 is 6.03. The quantitative estimate of drug-likeness (QED) is 0.525. The molecule has 28 heavy (non-hydrogen) atoms. The van der Waals surface area contributed by atoms with E-state index in [1.54, 1.807) is 11.1 Å². The number of allylic oxidation sites excluding steroid dienone is 1. The first kappa shape index (κ1) is 21.8. The van der Waals surface area contributed by atoms with Gasteiger partial charge in [0.2, 0.25) is 5.91 Å². The van der Waals surface area contributed by atoms with Crippen LogP contribution in [-0.4, -0.2) is 35.6 Å². The number of hydrogen-bond acceptors (Lipinski definition) is 3. The molecule has 148 valence electrons. The molecule has 0 fully saturated rings. The molecule has 0 N–H and O–H groups in total. The average Bonchev–Trinajstić information content (AvgIpc) is 2.73. The molecule has 2 rings (SSSR count). The van der Waals surface area contributed by atoms with Gasteiger partial charge in [0.05, 0.1) is 0 Å². The number of pyridine rings is 1. The van der Waals surface area contributed by atoms with Gasteiger partial charge in [-0.3, -0.25) is 14.8 Å². The van der Waals surface area contributed by atoms with E-state index in [1.807, 2.05) is 68.7 Å². The number of carbonyl (C=O) groups excluding carboxylic acids is 1. The van der Waals surface area contributed by atoms with Crippen LogP contribution < -0.4 is 0 Å². The lowest BCUT2D eigenvalue weighted by Gasteiger charge is -2.22. The fraction of sp³-hybridized carbons (Fsp3) is 0.348. The molecule has 1 amide bonds. The summed E-state index contributed by atoms with van der Waals surface area (Å²) in [5.74, 6) is -0.0201. The van der Waals surface area contributed by atoms with E-state index in [1.165, 1.54) is 0 Å². The average molecular weight is 398 g/mol. The lowest BCUT2D eigenvalue weighted by atomic mass is 9.91. The topological polar surface area (TPSA) is 45.6 Å². The molecule has 0 bridgehead atoms. The van der Waals surface area contributed by atoms with Gasteiger partial charge >= 0.3 is 0 Å². The predicted molar refractivity (Wildman–Crippen MR) is 117 cm³/mol. The van der Waals surface area contributed by atoms with E-state index in [0.29, 0.717) is 18.0 Å². The Bertz CT molecular complexity index is 800. The SMILES string of the molecule is C/C=C(/CCN(C)C(=O)CC(c1ccc(Cl)cc1)c1ccccn1)N=CCC. The Labute approximate surface area is 173 Å². The van der Waals surface area contributed by atoms with Crippen molar-refractivity contribution in [1.29, 1.82) is 0 Å². The normalized spacial score (nSPS) is 12.9. The van der Waals surface area contributed by atoms with E-state index < -0.39 is 0 Å². The Hall–Kier alpha value is -2.46. The molecule has 0 aliphatic rings. The summed E-state index contributed by atoms with van der Waals surface area (Å²) < 4.78 is 0. The number of carbonyl (C=O) groups is 1. The molecule has 0 saturated heterocycles. The van der Waals surface area contributed by atoms with Crippen LogP contribution in [0.25, 0.3) is 0 Å². The maximum atomic E-state index is 12.9. The van der Waals surface area contributed by atoms with Crippen molar-refractivity contribution in [2.75, 3.05) is 13.6 Å². The Morgan fingerprint density at radius 3 is 2.61 bits per heavy atom. The molecule has 4 nitrogen and oxygen atoms in total. The van der Waals surface area contributed by atoms with Crippen molar-refractivity contribution in [2.24, 2.45) is 4.99 Å². The fourth-order valence-electron chi connectivity index (χ4n) is 2.90. The van der Waals surface area contributed by atoms with E-state index in [0.717, 1.165) is 29.8 Å². The lowest BCUT2D eigenvalue weighted by molar-refractivity contribution is -0.130. The molecule has 1 heterocycles. The number of nitrogens with zero attached hydrogens (tertiary/aromatic N) is 3. The zero-order valence-corrected chi connectivity index (χ0v) is 17.6. The van der Waals surface area contributed by atoms with Crippen molar-refractivity contribution in [3.05, 3.63) is 76.7 Å². The Morgan fingerprint density at radius 2 is 2.00 bits per heavy atom. The summed E-state index contributed by atoms with van der Waals surface area (Å²) in [5.41, 5.74) is 2.92. The van der Waals surface area contributed by atoms with Gasteiger partial charge in [-0.15, -0.1) is 0 Å². The second kappa shape index (κ2) is 11.4. The van der Waals surface area contributed by atoms with Gasteiger partial charge in [-0.05, 0) is 43.2 Å². The summed E-state index contributed by atoms with van der Waals surface area (Å²) in [7, 11) is 1.84. The summed E-state index contributed by atoms with van der Waals surface area (Å²) in [6.45, 7) is 4.66. The van der Waals surface area contributed by atoms with Crippen LogP contribution in [-0.2, 0) is 4.79 Å². The molecule has 1 atom stereocenters. The van der Waals surface area contributed by atoms with Crippen molar-refractivity contribution in [1.82, 2.24) is 9.88 Å². The number of benzene rings is 1. The van der Waals surface area contributed by atoms with Crippen LogP contribution in [0.3, 0.4) is 0 Å². The molecule has 5 heteroatoms. The highest BCUT2D eigenvalue weighted by Crippen LogP contribution is 2.28. The van der Waals surface area contributed by atoms with Gasteiger partial charge in [-0.1, -0.05) is 42.8 Å². The summed E-state index contributed by atoms with van der Waals surface area (Å²) in [6, 6.07) is 13.4. The minimum atomic E-state index is -0.104. The van der Waals surface area contributed by atoms with Gasteiger partial charge in [0.25, 0.3) is 0 Å². The fourth-order valence-corrected chi connectivity index (χ4v) is 3.03. The second-order valence-electron chi connectivity index (χ2n) is 6.63. The Morgan fingerprint density at radius 1 is 1.25 bits per heavy atom. The highest BCUT2D eigenvalue weighted by Gasteiger charge is 2.21. The molecule has 1 aromatic carbocycles. The smallest absolute Gasteiger partial charge is 0.223 e. The molecule has 0 aliphatic heterocycles. The van der Waals surface area contributed by atoms with Gasteiger partial charge in [0.1, 0.15) is 0 Å². The van der Waals surface area contributed by atoms with Gasteiger partial charge in [0, 0.05) is 61.2 Å². The molecule has 0 saturated carbocycles. The third-order valence-electron chi connectivity index (χ3n) is 4.60. The van der Waals surface area contributed by atoms with Crippen LogP contribution >= 0.6 is 11.6 Å². The van der Waals surface area contributed by atoms with Crippen LogP contribution in [0.5, 0.6) is 0 Å². The molecular formula is C23H28ClN3O.